The highest BCUT2D eigenvalue weighted by Crippen LogP contribution is 2.29. The summed E-state index contributed by atoms with van der Waals surface area (Å²) in [4.78, 5) is 0. The summed E-state index contributed by atoms with van der Waals surface area (Å²) in [5.74, 6) is 1.01. The van der Waals surface area contributed by atoms with Gasteiger partial charge in [0.15, 0.2) is 0 Å². The van der Waals surface area contributed by atoms with Gasteiger partial charge in [-0.25, -0.2) is 0 Å². The van der Waals surface area contributed by atoms with Gasteiger partial charge in [-0.15, -0.1) is 0 Å². The van der Waals surface area contributed by atoms with Gasteiger partial charge >= 0.3 is 0 Å². The first-order valence-corrected chi connectivity index (χ1v) is 3.30. The second-order valence-electron chi connectivity index (χ2n) is 2.89. The molecule has 1 fully saturated rings. The molecule has 0 N–H and O–H groups in total. The molecule has 0 spiro atoms. The Labute approximate surface area is 46.4 Å². The van der Waals surface area contributed by atoms with Crippen molar-refractivity contribution in [1.82, 2.24) is 0 Å². The topological polar surface area (TPSA) is 0 Å². The Morgan fingerprint density at radius 2 is 2.29 bits per heavy atom. The van der Waals surface area contributed by atoms with Crippen LogP contribution in [-0.2, 0) is 0 Å². The molecule has 1 atom stereocenters. The summed E-state index contributed by atoms with van der Waals surface area (Å²) in [5, 5.41) is 0. The van der Waals surface area contributed by atoms with Crippen LogP contribution >= 0.6 is 0 Å². The van der Waals surface area contributed by atoms with Crippen molar-refractivity contribution in [2.24, 2.45) is 0 Å². The lowest BCUT2D eigenvalue weighted by atomic mass is 9.45. The molecule has 1 heterocycles. The van der Waals surface area contributed by atoms with Gasteiger partial charge in [0.2, 0.25) is 0 Å². The zero-order chi connectivity index (χ0) is 5.28. The predicted molar refractivity (Wildman–Crippen MR) is 35.1 cm³/mol. The summed E-state index contributed by atoms with van der Waals surface area (Å²) in [7, 11) is 0. The van der Waals surface area contributed by atoms with Crippen LogP contribution in [0.4, 0.5) is 0 Å². The van der Waals surface area contributed by atoms with Gasteiger partial charge in [-0.2, -0.15) is 0 Å². The quantitative estimate of drug-likeness (QED) is 0.406. The van der Waals surface area contributed by atoms with E-state index in [1.807, 2.05) is 0 Å². The monoisotopic (exact) mass is 96.1 g/mol. The largest absolute Gasteiger partial charge is 0.139 e. The Kier molecular flexibility index (Phi) is 1.41. The Morgan fingerprint density at radius 1 is 1.57 bits per heavy atom. The van der Waals surface area contributed by atoms with Crippen LogP contribution in [0.3, 0.4) is 0 Å². The van der Waals surface area contributed by atoms with Crippen molar-refractivity contribution < 1.29 is 0 Å². The lowest BCUT2D eigenvalue weighted by Gasteiger charge is -2.00. The molecule has 0 aliphatic carbocycles. The van der Waals surface area contributed by atoms with Crippen LogP contribution in [0, 0.1) is 0 Å². The zero-order valence-electron chi connectivity index (χ0n) is 5.28. The van der Waals surface area contributed by atoms with Gasteiger partial charge in [-0.1, -0.05) is 38.7 Å². The second-order valence-corrected chi connectivity index (χ2v) is 2.89. The van der Waals surface area contributed by atoms with Gasteiger partial charge in [0, 0.05) is 0 Å². The first-order chi connectivity index (χ1) is 3.30. The van der Waals surface area contributed by atoms with Crippen molar-refractivity contribution in [2.75, 3.05) is 0 Å². The SMILES string of the molecule is CB1CCCC1C. The molecule has 0 amide bonds. The number of rotatable bonds is 0. The maximum atomic E-state index is 2.36. The fourth-order valence-electron chi connectivity index (χ4n) is 1.33. The molecular weight excluding hydrogens is 82.9 g/mol. The van der Waals surface area contributed by atoms with E-state index >= 15 is 0 Å². The summed E-state index contributed by atoms with van der Waals surface area (Å²) >= 11 is 0. The first-order valence-electron chi connectivity index (χ1n) is 3.30. The summed E-state index contributed by atoms with van der Waals surface area (Å²) in [5.41, 5.74) is 0. The lowest BCUT2D eigenvalue weighted by molar-refractivity contribution is 0.819. The molecule has 0 aromatic heterocycles. The van der Waals surface area contributed by atoms with E-state index in [2.05, 4.69) is 13.7 Å². The third-order valence-corrected chi connectivity index (χ3v) is 2.29. The minimum absolute atomic E-state index is 1.01. The third kappa shape index (κ3) is 0.989. The molecule has 0 radical (unpaired) electrons. The van der Waals surface area contributed by atoms with Gasteiger partial charge in [-0.3, -0.25) is 0 Å². The van der Waals surface area contributed by atoms with E-state index < -0.39 is 0 Å². The highest BCUT2D eigenvalue weighted by molar-refractivity contribution is 6.59. The van der Waals surface area contributed by atoms with E-state index in [1.165, 1.54) is 19.2 Å². The summed E-state index contributed by atoms with van der Waals surface area (Å²) < 4.78 is 0. The van der Waals surface area contributed by atoms with Crippen LogP contribution in [0.15, 0.2) is 0 Å². The molecule has 7 heavy (non-hydrogen) atoms. The van der Waals surface area contributed by atoms with Crippen molar-refractivity contribution in [3.05, 3.63) is 0 Å². The van der Waals surface area contributed by atoms with E-state index in [9.17, 15) is 0 Å². The lowest BCUT2D eigenvalue weighted by Crippen LogP contribution is -2.03. The van der Waals surface area contributed by atoms with Crippen LogP contribution in [0.25, 0.3) is 0 Å². The average molecular weight is 96.0 g/mol. The Morgan fingerprint density at radius 3 is 2.43 bits per heavy atom. The minimum atomic E-state index is 1.01. The van der Waals surface area contributed by atoms with Gasteiger partial charge in [0.05, 0.1) is 0 Å². The molecule has 1 saturated heterocycles. The Balaban J connectivity index is 2.33. The molecular formula is C6H13B. The van der Waals surface area contributed by atoms with Gasteiger partial charge < -0.3 is 0 Å². The summed E-state index contributed by atoms with van der Waals surface area (Å²) in [6.07, 6.45) is 4.42. The summed E-state index contributed by atoms with van der Waals surface area (Å²) in [6, 6.07) is 0. The van der Waals surface area contributed by atoms with Gasteiger partial charge in [-0.05, 0) is 0 Å². The first kappa shape index (κ1) is 5.21. The number of hydrogen-bond acceptors (Lipinski definition) is 0. The molecule has 0 saturated carbocycles. The van der Waals surface area contributed by atoms with Crippen LogP contribution in [0.5, 0.6) is 0 Å². The fourth-order valence-corrected chi connectivity index (χ4v) is 1.33. The minimum Gasteiger partial charge on any atom is -0.0859 e. The molecule has 0 aromatic carbocycles. The van der Waals surface area contributed by atoms with Crippen LogP contribution in [0.1, 0.15) is 19.8 Å². The predicted octanol–water partition coefficient (Wildman–Crippen LogP) is 2.29. The highest BCUT2D eigenvalue weighted by atomic mass is 14.0. The maximum Gasteiger partial charge on any atom is 0.139 e. The smallest absolute Gasteiger partial charge is 0.0859 e. The molecule has 0 nitrogen and oxygen atoms in total. The van der Waals surface area contributed by atoms with Crippen LogP contribution in [0.2, 0.25) is 19.0 Å². The molecule has 1 aliphatic rings. The van der Waals surface area contributed by atoms with Crippen molar-refractivity contribution in [2.45, 2.75) is 38.7 Å². The van der Waals surface area contributed by atoms with E-state index in [1.54, 1.807) is 0 Å². The maximum absolute atomic E-state index is 2.36. The standard InChI is InChI=1S/C6H13B/c1-6-4-3-5-7(6)2/h6H,3-5H2,1-2H3. The molecule has 40 valence electrons. The normalized spacial score (nSPS) is 31.7. The van der Waals surface area contributed by atoms with Gasteiger partial charge in [0.1, 0.15) is 6.71 Å². The number of hydrogen-bond donors (Lipinski definition) is 0. The second kappa shape index (κ2) is 1.89. The summed E-state index contributed by atoms with van der Waals surface area (Å²) in [6.45, 7) is 5.73. The molecule has 1 rings (SSSR count). The third-order valence-electron chi connectivity index (χ3n) is 2.29. The zero-order valence-corrected chi connectivity index (χ0v) is 5.28. The Bertz CT molecular complexity index is 53.2. The van der Waals surface area contributed by atoms with E-state index in [0.717, 1.165) is 12.5 Å². The van der Waals surface area contributed by atoms with Crippen molar-refractivity contribution >= 4 is 6.71 Å². The average Bonchev–Trinajstić information content (AvgIpc) is 1.91. The molecule has 1 heteroatoms. The van der Waals surface area contributed by atoms with Gasteiger partial charge in [0.25, 0.3) is 0 Å². The van der Waals surface area contributed by atoms with E-state index in [0.29, 0.717) is 0 Å². The van der Waals surface area contributed by atoms with E-state index in [4.69, 9.17) is 0 Å². The van der Waals surface area contributed by atoms with Crippen LogP contribution < -0.4 is 0 Å². The van der Waals surface area contributed by atoms with Crippen LogP contribution in [-0.4, -0.2) is 6.71 Å². The van der Waals surface area contributed by atoms with Crippen molar-refractivity contribution in [1.29, 1.82) is 0 Å². The molecule has 0 aromatic rings. The van der Waals surface area contributed by atoms with Crippen molar-refractivity contribution in [3.63, 3.8) is 0 Å². The highest BCUT2D eigenvalue weighted by Gasteiger charge is 2.21. The molecule has 0 bridgehead atoms. The Hall–Kier alpha value is 0.0649. The van der Waals surface area contributed by atoms with Crippen molar-refractivity contribution in [3.8, 4) is 0 Å². The fraction of sp³-hybridized carbons (Fsp3) is 1.00. The molecule has 1 unspecified atom stereocenters. The van der Waals surface area contributed by atoms with E-state index in [-0.39, 0.29) is 0 Å². The molecule has 1 aliphatic heterocycles.